The smallest absolute Gasteiger partial charge is 0.328 e. The summed E-state index contributed by atoms with van der Waals surface area (Å²) < 4.78 is 0. The average molecular weight is 261 g/mol. The number of aliphatic carboxylic acids is 1. The summed E-state index contributed by atoms with van der Waals surface area (Å²) in [6.45, 7) is 10.0. The molecule has 19 heavy (non-hydrogen) atoms. The molecule has 2 rings (SSSR count). The largest absolute Gasteiger partial charge is 0.480 e. The molecule has 1 aromatic carbocycles. The van der Waals surface area contributed by atoms with E-state index in [0.29, 0.717) is 5.92 Å². The zero-order valence-electron chi connectivity index (χ0n) is 12.4. The lowest BCUT2D eigenvalue weighted by Gasteiger charge is -2.53. The molecule has 1 N–H and O–H groups in total. The van der Waals surface area contributed by atoms with Crippen molar-refractivity contribution in [3.05, 3.63) is 29.8 Å². The first-order valence-corrected chi connectivity index (χ1v) is 6.80. The minimum atomic E-state index is -0.917. The molecule has 0 fully saturated rings. The molecule has 0 spiro atoms. The standard InChI is InChI=1S/C16H23NO2/c1-11-10-15(2,3)17(16(4,5)14(18)19)13-9-7-6-8-12(11)13/h6-9,11H,10H2,1-5H3,(H,18,19). The molecular formula is C16H23NO2. The zero-order valence-corrected chi connectivity index (χ0v) is 12.4. The summed E-state index contributed by atoms with van der Waals surface area (Å²) in [6, 6.07) is 8.16. The number of carboxylic acids is 1. The summed E-state index contributed by atoms with van der Waals surface area (Å²) in [7, 11) is 0. The summed E-state index contributed by atoms with van der Waals surface area (Å²) in [6.07, 6.45) is 0.959. The monoisotopic (exact) mass is 261 g/mol. The van der Waals surface area contributed by atoms with E-state index in [-0.39, 0.29) is 5.54 Å². The van der Waals surface area contributed by atoms with Crippen LogP contribution in [0.4, 0.5) is 5.69 Å². The van der Waals surface area contributed by atoms with Gasteiger partial charge in [0.25, 0.3) is 0 Å². The number of carboxylic acid groups (broad SMARTS) is 1. The van der Waals surface area contributed by atoms with Crippen LogP contribution < -0.4 is 4.90 Å². The fourth-order valence-corrected chi connectivity index (χ4v) is 3.54. The molecule has 1 unspecified atom stereocenters. The van der Waals surface area contributed by atoms with E-state index in [1.54, 1.807) is 13.8 Å². The Morgan fingerprint density at radius 2 is 1.95 bits per heavy atom. The number of anilines is 1. The summed E-state index contributed by atoms with van der Waals surface area (Å²) in [4.78, 5) is 13.7. The van der Waals surface area contributed by atoms with E-state index >= 15 is 0 Å². The second-order valence-electron chi connectivity index (χ2n) is 6.68. The normalized spacial score (nSPS) is 21.9. The highest BCUT2D eigenvalue weighted by molar-refractivity contribution is 5.84. The van der Waals surface area contributed by atoms with Gasteiger partial charge in [-0.25, -0.2) is 4.79 Å². The van der Waals surface area contributed by atoms with Gasteiger partial charge in [-0.2, -0.15) is 0 Å². The number of hydrogen-bond donors (Lipinski definition) is 1. The van der Waals surface area contributed by atoms with E-state index in [2.05, 4.69) is 31.7 Å². The van der Waals surface area contributed by atoms with E-state index < -0.39 is 11.5 Å². The van der Waals surface area contributed by atoms with Crippen molar-refractivity contribution in [3.63, 3.8) is 0 Å². The topological polar surface area (TPSA) is 40.5 Å². The first-order valence-electron chi connectivity index (χ1n) is 6.80. The number of para-hydroxylation sites is 1. The molecule has 1 aliphatic rings. The number of carbonyl (C=O) groups is 1. The molecule has 0 bridgehead atoms. The van der Waals surface area contributed by atoms with Gasteiger partial charge >= 0.3 is 5.97 Å². The quantitative estimate of drug-likeness (QED) is 0.883. The molecular weight excluding hydrogens is 238 g/mol. The van der Waals surface area contributed by atoms with Gasteiger partial charge in [-0.15, -0.1) is 0 Å². The maximum atomic E-state index is 11.7. The van der Waals surface area contributed by atoms with Crippen LogP contribution in [0.25, 0.3) is 0 Å². The number of fused-ring (bicyclic) bond motifs is 1. The maximum absolute atomic E-state index is 11.7. The molecule has 0 saturated carbocycles. The van der Waals surface area contributed by atoms with Crippen LogP contribution in [0.15, 0.2) is 24.3 Å². The van der Waals surface area contributed by atoms with Crippen LogP contribution in [0, 0.1) is 0 Å². The highest BCUT2D eigenvalue weighted by Crippen LogP contribution is 2.46. The summed E-state index contributed by atoms with van der Waals surface area (Å²) in [5, 5.41) is 9.58. The fraction of sp³-hybridized carbons (Fsp3) is 0.562. The molecule has 1 heterocycles. The summed E-state index contributed by atoms with van der Waals surface area (Å²) in [5.41, 5.74) is 1.21. The molecule has 0 radical (unpaired) electrons. The predicted molar refractivity (Wildman–Crippen MR) is 77.7 cm³/mol. The second kappa shape index (κ2) is 4.26. The zero-order chi connectivity index (χ0) is 14.4. The van der Waals surface area contributed by atoms with Gasteiger partial charge < -0.3 is 10.0 Å². The second-order valence-corrected chi connectivity index (χ2v) is 6.68. The highest BCUT2D eigenvalue weighted by atomic mass is 16.4. The van der Waals surface area contributed by atoms with Gasteiger partial charge in [0.05, 0.1) is 0 Å². The van der Waals surface area contributed by atoms with Gasteiger partial charge in [0.15, 0.2) is 0 Å². The Hall–Kier alpha value is -1.51. The van der Waals surface area contributed by atoms with Crippen molar-refractivity contribution >= 4 is 11.7 Å². The van der Waals surface area contributed by atoms with Gasteiger partial charge in [-0.1, -0.05) is 25.1 Å². The average Bonchev–Trinajstić information content (AvgIpc) is 2.27. The number of nitrogens with zero attached hydrogens (tertiary/aromatic N) is 1. The van der Waals surface area contributed by atoms with Gasteiger partial charge in [-0.05, 0) is 51.7 Å². The molecule has 1 aromatic rings. The maximum Gasteiger partial charge on any atom is 0.328 e. The highest BCUT2D eigenvalue weighted by Gasteiger charge is 2.46. The summed E-state index contributed by atoms with van der Waals surface area (Å²) in [5.74, 6) is -0.336. The Kier molecular flexibility index (Phi) is 3.12. The van der Waals surface area contributed by atoms with Gasteiger partial charge in [0.2, 0.25) is 0 Å². The van der Waals surface area contributed by atoms with Crippen LogP contribution in [0.2, 0.25) is 0 Å². The molecule has 0 saturated heterocycles. The lowest BCUT2D eigenvalue weighted by Crippen LogP contribution is -2.61. The van der Waals surface area contributed by atoms with E-state index in [0.717, 1.165) is 12.1 Å². The van der Waals surface area contributed by atoms with E-state index in [9.17, 15) is 9.90 Å². The molecule has 0 amide bonds. The van der Waals surface area contributed by atoms with Crippen LogP contribution in [0.5, 0.6) is 0 Å². The van der Waals surface area contributed by atoms with E-state index in [1.165, 1.54) is 5.56 Å². The van der Waals surface area contributed by atoms with Crippen LogP contribution in [-0.2, 0) is 4.79 Å². The Balaban J connectivity index is 2.64. The van der Waals surface area contributed by atoms with E-state index in [4.69, 9.17) is 0 Å². The molecule has 1 aliphatic heterocycles. The van der Waals surface area contributed by atoms with Crippen molar-refractivity contribution in [2.45, 2.75) is 58.0 Å². The number of hydrogen-bond acceptors (Lipinski definition) is 2. The molecule has 3 heteroatoms. The molecule has 0 aromatic heterocycles. The summed E-state index contributed by atoms with van der Waals surface area (Å²) >= 11 is 0. The minimum Gasteiger partial charge on any atom is -0.480 e. The number of benzene rings is 1. The third-order valence-corrected chi connectivity index (χ3v) is 4.20. The van der Waals surface area contributed by atoms with Crippen LogP contribution in [-0.4, -0.2) is 22.2 Å². The third kappa shape index (κ3) is 2.11. The van der Waals surface area contributed by atoms with Gasteiger partial charge in [0, 0.05) is 11.2 Å². The molecule has 3 nitrogen and oxygen atoms in total. The lowest BCUT2D eigenvalue weighted by molar-refractivity contribution is -0.142. The van der Waals surface area contributed by atoms with Crippen molar-refractivity contribution in [2.75, 3.05) is 4.90 Å². The Labute approximate surface area is 115 Å². The van der Waals surface area contributed by atoms with Crippen molar-refractivity contribution in [3.8, 4) is 0 Å². The first kappa shape index (κ1) is 13.9. The van der Waals surface area contributed by atoms with Crippen molar-refractivity contribution in [1.29, 1.82) is 0 Å². The molecule has 104 valence electrons. The van der Waals surface area contributed by atoms with Crippen molar-refractivity contribution in [1.82, 2.24) is 0 Å². The van der Waals surface area contributed by atoms with E-state index in [1.807, 2.05) is 18.2 Å². The van der Waals surface area contributed by atoms with Gasteiger partial charge in [0.1, 0.15) is 5.54 Å². The lowest BCUT2D eigenvalue weighted by atomic mass is 9.77. The Morgan fingerprint density at radius 3 is 2.53 bits per heavy atom. The van der Waals surface area contributed by atoms with Gasteiger partial charge in [-0.3, -0.25) is 0 Å². The van der Waals surface area contributed by atoms with Crippen LogP contribution in [0.1, 0.15) is 52.5 Å². The van der Waals surface area contributed by atoms with Crippen LogP contribution >= 0.6 is 0 Å². The predicted octanol–water partition coefficient (Wildman–Crippen LogP) is 3.64. The van der Waals surface area contributed by atoms with Crippen LogP contribution in [0.3, 0.4) is 0 Å². The molecule has 1 atom stereocenters. The fourth-order valence-electron chi connectivity index (χ4n) is 3.54. The van der Waals surface area contributed by atoms with Crippen molar-refractivity contribution < 1.29 is 9.90 Å². The SMILES string of the molecule is CC1CC(C)(C)N(C(C)(C)C(=O)O)c2ccccc21. The third-order valence-electron chi connectivity index (χ3n) is 4.20. The molecule has 0 aliphatic carbocycles. The first-order chi connectivity index (χ1) is 8.68. The number of rotatable bonds is 2. The Bertz CT molecular complexity index is 505. The Morgan fingerprint density at radius 1 is 1.37 bits per heavy atom. The van der Waals surface area contributed by atoms with Crippen molar-refractivity contribution in [2.24, 2.45) is 0 Å². The minimum absolute atomic E-state index is 0.171.